The molecule has 3 rings (SSSR count). The Kier molecular flexibility index (Phi) is 6.22. The SMILES string of the molecule is CCN(C)c1ccc(C(=O)NC2CCCN(c3cccc(OC)c3)C2)cc1. The molecule has 0 spiro atoms. The Morgan fingerprint density at radius 1 is 1.26 bits per heavy atom. The fraction of sp³-hybridized carbons (Fsp3) is 0.409. The number of hydrogen-bond acceptors (Lipinski definition) is 4. The molecule has 0 saturated carbocycles. The van der Waals surface area contributed by atoms with Gasteiger partial charge in [0.25, 0.3) is 5.91 Å². The minimum Gasteiger partial charge on any atom is -0.497 e. The Hall–Kier alpha value is -2.69. The van der Waals surface area contributed by atoms with Gasteiger partial charge >= 0.3 is 0 Å². The number of carbonyl (C=O) groups is 1. The van der Waals surface area contributed by atoms with Crippen LogP contribution in [-0.4, -0.2) is 45.7 Å². The molecule has 0 aliphatic carbocycles. The van der Waals surface area contributed by atoms with Gasteiger partial charge in [0.15, 0.2) is 0 Å². The number of ether oxygens (including phenoxy) is 1. The molecule has 2 aromatic carbocycles. The minimum atomic E-state index is -0.00167. The van der Waals surface area contributed by atoms with Gasteiger partial charge in [0.2, 0.25) is 0 Å². The van der Waals surface area contributed by atoms with Gasteiger partial charge in [-0.2, -0.15) is 0 Å². The molecule has 5 nitrogen and oxygen atoms in total. The van der Waals surface area contributed by atoms with Crippen LogP contribution in [-0.2, 0) is 0 Å². The van der Waals surface area contributed by atoms with Crippen LogP contribution in [0.2, 0.25) is 0 Å². The summed E-state index contributed by atoms with van der Waals surface area (Å²) in [7, 11) is 3.73. The summed E-state index contributed by atoms with van der Waals surface area (Å²) in [6.45, 7) is 4.86. The predicted molar refractivity (Wildman–Crippen MR) is 111 cm³/mol. The van der Waals surface area contributed by atoms with Crippen molar-refractivity contribution in [1.82, 2.24) is 5.32 Å². The molecule has 1 amide bonds. The zero-order chi connectivity index (χ0) is 19.2. The van der Waals surface area contributed by atoms with Crippen LogP contribution in [0.3, 0.4) is 0 Å². The second-order valence-electron chi connectivity index (χ2n) is 7.02. The standard InChI is InChI=1S/C22H29N3O2/c1-4-24(2)19-12-10-17(11-13-19)22(26)23-18-7-6-14-25(16-18)20-8-5-9-21(15-20)27-3/h5,8-13,15,18H,4,6-7,14,16H2,1-3H3,(H,23,26). The highest BCUT2D eigenvalue weighted by Crippen LogP contribution is 2.24. The maximum absolute atomic E-state index is 12.6. The molecule has 1 saturated heterocycles. The molecule has 1 unspecified atom stereocenters. The summed E-state index contributed by atoms with van der Waals surface area (Å²) in [5.41, 5.74) is 2.97. The molecule has 2 aromatic rings. The van der Waals surface area contributed by atoms with Gasteiger partial charge < -0.3 is 19.9 Å². The van der Waals surface area contributed by atoms with Gasteiger partial charge in [0.05, 0.1) is 7.11 Å². The summed E-state index contributed by atoms with van der Waals surface area (Å²) >= 11 is 0. The van der Waals surface area contributed by atoms with Crippen molar-refractivity contribution in [3.05, 3.63) is 54.1 Å². The van der Waals surface area contributed by atoms with E-state index in [1.54, 1.807) is 7.11 Å². The zero-order valence-corrected chi connectivity index (χ0v) is 16.4. The van der Waals surface area contributed by atoms with Crippen molar-refractivity contribution < 1.29 is 9.53 Å². The minimum absolute atomic E-state index is 0.00167. The third kappa shape index (κ3) is 4.73. The van der Waals surface area contributed by atoms with Crippen molar-refractivity contribution in [3.63, 3.8) is 0 Å². The quantitative estimate of drug-likeness (QED) is 0.848. The number of carbonyl (C=O) groups excluding carboxylic acids is 1. The lowest BCUT2D eigenvalue weighted by molar-refractivity contribution is 0.0933. The highest BCUT2D eigenvalue weighted by molar-refractivity contribution is 5.94. The Labute approximate surface area is 161 Å². The molecule has 1 N–H and O–H groups in total. The number of benzene rings is 2. The first-order valence-corrected chi connectivity index (χ1v) is 9.61. The molecule has 1 aliphatic heterocycles. The predicted octanol–water partition coefficient (Wildman–Crippen LogP) is 3.55. The van der Waals surface area contributed by atoms with Crippen molar-refractivity contribution >= 4 is 17.3 Å². The van der Waals surface area contributed by atoms with E-state index in [-0.39, 0.29) is 11.9 Å². The first-order valence-electron chi connectivity index (χ1n) is 9.61. The van der Waals surface area contributed by atoms with Crippen LogP contribution in [0.25, 0.3) is 0 Å². The first-order chi connectivity index (χ1) is 13.1. The fourth-order valence-electron chi connectivity index (χ4n) is 3.46. The van der Waals surface area contributed by atoms with Gasteiger partial charge in [-0.05, 0) is 56.2 Å². The second kappa shape index (κ2) is 8.80. The Morgan fingerprint density at radius 3 is 2.74 bits per heavy atom. The number of rotatable bonds is 6. The molecular weight excluding hydrogens is 338 g/mol. The molecular formula is C22H29N3O2. The Balaban J connectivity index is 1.62. The van der Waals surface area contributed by atoms with E-state index in [0.717, 1.165) is 49.6 Å². The number of nitrogens with one attached hydrogen (secondary N) is 1. The number of nitrogens with zero attached hydrogens (tertiary/aromatic N) is 2. The van der Waals surface area contributed by atoms with Crippen LogP contribution in [0, 0.1) is 0 Å². The molecule has 0 aromatic heterocycles. The van der Waals surface area contributed by atoms with E-state index in [2.05, 4.69) is 28.1 Å². The first kappa shape index (κ1) is 19.1. The lowest BCUT2D eigenvalue weighted by Crippen LogP contribution is -2.47. The maximum atomic E-state index is 12.6. The highest BCUT2D eigenvalue weighted by atomic mass is 16.5. The van der Waals surface area contributed by atoms with Gasteiger partial charge in [-0.1, -0.05) is 6.07 Å². The van der Waals surface area contributed by atoms with E-state index in [4.69, 9.17) is 4.74 Å². The normalized spacial score (nSPS) is 16.7. The number of piperidine rings is 1. The van der Waals surface area contributed by atoms with Gasteiger partial charge in [-0.25, -0.2) is 0 Å². The van der Waals surface area contributed by atoms with Crippen LogP contribution in [0.1, 0.15) is 30.1 Å². The average Bonchev–Trinajstić information content (AvgIpc) is 2.73. The van der Waals surface area contributed by atoms with Gasteiger partial charge in [-0.15, -0.1) is 0 Å². The average molecular weight is 367 g/mol. The van der Waals surface area contributed by atoms with Crippen molar-refractivity contribution in [1.29, 1.82) is 0 Å². The molecule has 5 heteroatoms. The van der Waals surface area contributed by atoms with Gasteiger partial charge in [0, 0.05) is 55.7 Å². The van der Waals surface area contributed by atoms with Gasteiger partial charge in [-0.3, -0.25) is 4.79 Å². The van der Waals surface area contributed by atoms with E-state index >= 15 is 0 Å². The third-order valence-corrected chi connectivity index (χ3v) is 5.22. The number of amides is 1. The van der Waals surface area contributed by atoms with E-state index in [0.29, 0.717) is 5.56 Å². The van der Waals surface area contributed by atoms with Crippen LogP contribution in [0.5, 0.6) is 5.75 Å². The molecule has 0 bridgehead atoms. The highest BCUT2D eigenvalue weighted by Gasteiger charge is 2.22. The van der Waals surface area contributed by atoms with Crippen LogP contribution in [0.15, 0.2) is 48.5 Å². The van der Waals surface area contributed by atoms with E-state index in [1.807, 2.05) is 49.5 Å². The number of hydrogen-bond donors (Lipinski definition) is 1. The fourth-order valence-corrected chi connectivity index (χ4v) is 3.46. The van der Waals surface area contributed by atoms with Gasteiger partial charge in [0.1, 0.15) is 5.75 Å². The summed E-state index contributed by atoms with van der Waals surface area (Å²) < 4.78 is 5.33. The number of anilines is 2. The van der Waals surface area contributed by atoms with Crippen molar-refractivity contribution in [2.45, 2.75) is 25.8 Å². The van der Waals surface area contributed by atoms with Crippen LogP contribution >= 0.6 is 0 Å². The van der Waals surface area contributed by atoms with E-state index < -0.39 is 0 Å². The summed E-state index contributed by atoms with van der Waals surface area (Å²) in [4.78, 5) is 17.1. The topological polar surface area (TPSA) is 44.8 Å². The molecule has 1 fully saturated rings. The van der Waals surface area contributed by atoms with Crippen molar-refractivity contribution in [3.8, 4) is 5.75 Å². The third-order valence-electron chi connectivity index (χ3n) is 5.22. The van der Waals surface area contributed by atoms with E-state index in [1.165, 1.54) is 0 Å². The van der Waals surface area contributed by atoms with Crippen molar-refractivity contribution in [2.24, 2.45) is 0 Å². The van der Waals surface area contributed by atoms with Crippen LogP contribution in [0.4, 0.5) is 11.4 Å². The van der Waals surface area contributed by atoms with Crippen LogP contribution < -0.4 is 19.9 Å². The molecule has 1 aliphatic rings. The van der Waals surface area contributed by atoms with Crippen molar-refractivity contribution in [2.75, 3.05) is 43.6 Å². The lowest BCUT2D eigenvalue weighted by atomic mass is 10.0. The maximum Gasteiger partial charge on any atom is 0.251 e. The summed E-state index contributed by atoms with van der Waals surface area (Å²) in [6, 6.07) is 16.1. The largest absolute Gasteiger partial charge is 0.497 e. The zero-order valence-electron chi connectivity index (χ0n) is 16.4. The molecule has 27 heavy (non-hydrogen) atoms. The summed E-state index contributed by atoms with van der Waals surface area (Å²) in [5, 5.41) is 3.20. The second-order valence-corrected chi connectivity index (χ2v) is 7.02. The smallest absolute Gasteiger partial charge is 0.251 e. The molecule has 144 valence electrons. The Bertz CT molecular complexity index is 760. The number of methoxy groups -OCH3 is 1. The van der Waals surface area contributed by atoms with E-state index in [9.17, 15) is 4.79 Å². The summed E-state index contributed by atoms with van der Waals surface area (Å²) in [5.74, 6) is 0.856. The molecule has 1 heterocycles. The summed E-state index contributed by atoms with van der Waals surface area (Å²) in [6.07, 6.45) is 2.06. The monoisotopic (exact) mass is 367 g/mol. The molecule has 0 radical (unpaired) electrons. The Morgan fingerprint density at radius 2 is 2.04 bits per heavy atom. The molecule has 1 atom stereocenters. The lowest BCUT2D eigenvalue weighted by Gasteiger charge is -2.35.